The number of likely N-dealkylation sites (tertiary alicyclic amines) is 1. The summed E-state index contributed by atoms with van der Waals surface area (Å²) in [6.07, 6.45) is 3.52. The maximum Gasteiger partial charge on any atom is 0.336 e. The van der Waals surface area contributed by atoms with Crippen LogP contribution in [0.1, 0.15) is 37.7 Å². The van der Waals surface area contributed by atoms with Crippen molar-refractivity contribution < 1.29 is 14.0 Å². The molecule has 0 spiro atoms. The molecule has 0 radical (unpaired) electrons. The molecular formula is C21H29ClN4O4. The summed E-state index contributed by atoms with van der Waals surface area (Å²) in [7, 11) is 0. The average Bonchev–Trinajstić information content (AvgIpc) is 3.17. The maximum absolute atomic E-state index is 12.8. The number of hydrogen-bond acceptors (Lipinski definition) is 6. The van der Waals surface area contributed by atoms with Gasteiger partial charge in [0.25, 0.3) is 0 Å². The standard InChI is InChI=1S/C21H28N4O4.ClH/c1-13-11-19(26)29-18-12-14(7-8-15(13)18)24-20(27)17-6-4-10-25(17)21(28)16(23)5-2-3-9-22;/h7-8,11-12,16-17H,2-6,9-10,22-23H2,1H3,(H,24,27);1H/t16-,17-;/m0./s1. The van der Waals surface area contributed by atoms with Crippen molar-refractivity contribution in [3.8, 4) is 0 Å². The Kier molecular flexibility index (Phi) is 8.40. The average molecular weight is 437 g/mol. The first kappa shape index (κ1) is 23.9. The van der Waals surface area contributed by atoms with Crippen molar-refractivity contribution in [1.82, 2.24) is 4.90 Å². The predicted octanol–water partition coefficient (Wildman–Crippen LogP) is 1.91. The van der Waals surface area contributed by atoms with Crippen LogP contribution in [-0.2, 0) is 9.59 Å². The molecule has 2 atom stereocenters. The summed E-state index contributed by atoms with van der Waals surface area (Å²) in [6.45, 7) is 2.92. The summed E-state index contributed by atoms with van der Waals surface area (Å²) in [5, 5.41) is 3.65. The first-order valence-corrected chi connectivity index (χ1v) is 10.0. The molecule has 1 aromatic heterocycles. The second-order valence-electron chi connectivity index (χ2n) is 7.53. The lowest BCUT2D eigenvalue weighted by Crippen LogP contribution is -2.49. The van der Waals surface area contributed by atoms with E-state index in [1.54, 1.807) is 23.1 Å². The van der Waals surface area contributed by atoms with Crippen molar-refractivity contribution in [2.75, 3.05) is 18.4 Å². The SMILES string of the molecule is Cc1cc(=O)oc2cc(NC(=O)[C@@H]3CCCN3C(=O)[C@@H](N)CCCCN)ccc12.Cl. The van der Waals surface area contributed by atoms with Gasteiger partial charge in [0.05, 0.1) is 6.04 Å². The number of benzene rings is 1. The van der Waals surface area contributed by atoms with Gasteiger partial charge < -0.3 is 26.1 Å². The Morgan fingerprint density at radius 1 is 1.30 bits per heavy atom. The first-order chi connectivity index (χ1) is 13.9. The molecule has 0 saturated carbocycles. The molecule has 2 amide bonds. The van der Waals surface area contributed by atoms with E-state index in [0.29, 0.717) is 37.2 Å². The highest BCUT2D eigenvalue weighted by atomic mass is 35.5. The number of unbranched alkanes of at least 4 members (excludes halogenated alkanes) is 1. The van der Waals surface area contributed by atoms with Crippen molar-refractivity contribution in [1.29, 1.82) is 0 Å². The van der Waals surface area contributed by atoms with E-state index in [1.165, 1.54) is 6.07 Å². The molecule has 0 aliphatic carbocycles. The van der Waals surface area contributed by atoms with Gasteiger partial charge in [0.1, 0.15) is 11.6 Å². The third kappa shape index (κ3) is 5.38. The Balaban J connectivity index is 0.00000320. The highest BCUT2D eigenvalue weighted by molar-refractivity contribution is 5.99. The van der Waals surface area contributed by atoms with E-state index in [1.807, 2.05) is 6.92 Å². The number of halogens is 1. The van der Waals surface area contributed by atoms with Crippen molar-refractivity contribution in [3.05, 3.63) is 40.2 Å². The predicted molar refractivity (Wildman–Crippen MR) is 119 cm³/mol. The van der Waals surface area contributed by atoms with Crippen LogP contribution in [0.2, 0.25) is 0 Å². The summed E-state index contributed by atoms with van der Waals surface area (Å²) >= 11 is 0. The van der Waals surface area contributed by atoms with Gasteiger partial charge in [0.15, 0.2) is 0 Å². The largest absolute Gasteiger partial charge is 0.423 e. The molecule has 0 bridgehead atoms. The number of nitrogens with one attached hydrogen (secondary N) is 1. The van der Waals surface area contributed by atoms with E-state index < -0.39 is 17.7 Å². The molecule has 30 heavy (non-hydrogen) atoms. The topological polar surface area (TPSA) is 132 Å². The van der Waals surface area contributed by atoms with Crippen molar-refractivity contribution >= 4 is 40.9 Å². The van der Waals surface area contributed by atoms with Gasteiger partial charge in [0, 0.05) is 29.8 Å². The molecule has 1 aliphatic heterocycles. The van der Waals surface area contributed by atoms with E-state index in [4.69, 9.17) is 15.9 Å². The number of hydrogen-bond donors (Lipinski definition) is 3. The van der Waals surface area contributed by atoms with Crippen LogP contribution in [0.25, 0.3) is 11.0 Å². The maximum atomic E-state index is 12.8. The van der Waals surface area contributed by atoms with Gasteiger partial charge in [-0.05, 0) is 56.8 Å². The number of nitrogens with zero attached hydrogens (tertiary/aromatic N) is 1. The second-order valence-corrected chi connectivity index (χ2v) is 7.53. The molecule has 1 fully saturated rings. The van der Waals surface area contributed by atoms with Gasteiger partial charge in [-0.25, -0.2) is 4.79 Å². The molecule has 164 valence electrons. The van der Waals surface area contributed by atoms with Gasteiger partial charge in [-0.15, -0.1) is 12.4 Å². The minimum absolute atomic E-state index is 0. The smallest absolute Gasteiger partial charge is 0.336 e. The first-order valence-electron chi connectivity index (χ1n) is 10.0. The fourth-order valence-electron chi connectivity index (χ4n) is 3.78. The number of nitrogens with two attached hydrogens (primary N) is 2. The molecule has 9 heteroatoms. The van der Waals surface area contributed by atoms with Gasteiger partial charge in [-0.3, -0.25) is 9.59 Å². The second kappa shape index (κ2) is 10.6. The molecule has 1 aliphatic rings. The van der Waals surface area contributed by atoms with Crippen molar-refractivity contribution in [2.24, 2.45) is 11.5 Å². The Morgan fingerprint density at radius 2 is 2.07 bits per heavy atom. The number of fused-ring (bicyclic) bond motifs is 1. The van der Waals surface area contributed by atoms with E-state index in [-0.39, 0.29) is 24.2 Å². The van der Waals surface area contributed by atoms with Gasteiger partial charge in [-0.1, -0.05) is 6.42 Å². The fraction of sp³-hybridized carbons (Fsp3) is 0.476. The third-order valence-corrected chi connectivity index (χ3v) is 5.34. The van der Waals surface area contributed by atoms with E-state index in [0.717, 1.165) is 30.2 Å². The fourth-order valence-corrected chi connectivity index (χ4v) is 3.78. The molecule has 5 N–H and O–H groups in total. The van der Waals surface area contributed by atoms with E-state index >= 15 is 0 Å². The Morgan fingerprint density at radius 3 is 2.80 bits per heavy atom. The number of anilines is 1. The lowest BCUT2D eigenvalue weighted by atomic mass is 10.1. The zero-order chi connectivity index (χ0) is 21.0. The highest BCUT2D eigenvalue weighted by Crippen LogP contribution is 2.24. The van der Waals surface area contributed by atoms with Gasteiger partial charge >= 0.3 is 5.63 Å². The quantitative estimate of drug-likeness (QED) is 0.448. The molecule has 8 nitrogen and oxygen atoms in total. The summed E-state index contributed by atoms with van der Waals surface area (Å²) in [5.41, 5.74) is 12.8. The van der Waals surface area contributed by atoms with Crippen LogP contribution >= 0.6 is 12.4 Å². The van der Waals surface area contributed by atoms with Gasteiger partial charge in [-0.2, -0.15) is 0 Å². The van der Waals surface area contributed by atoms with Crippen molar-refractivity contribution in [2.45, 2.75) is 51.1 Å². The molecule has 1 aromatic carbocycles. The Labute approximate surface area is 181 Å². The van der Waals surface area contributed by atoms with Crippen LogP contribution in [0.15, 0.2) is 33.5 Å². The van der Waals surface area contributed by atoms with Crippen LogP contribution < -0.4 is 22.4 Å². The number of carbonyl (C=O) groups is 2. The number of carbonyl (C=O) groups excluding carboxylic acids is 2. The molecule has 2 heterocycles. The summed E-state index contributed by atoms with van der Waals surface area (Å²) in [6, 6.07) is 5.44. The summed E-state index contributed by atoms with van der Waals surface area (Å²) in [5.74, 6) is -0.459. The lowest BCUT2D eigenvalue weighted by molar-refractivity contribution is -0.137. The van der Waals surface area contributed by atoms with Crippen LogP contribution in [0.4, 0.5) is 5.69 Å². The zero-order valence-corrected chi connectivity index (χ0v) is 17.9. The monoisotopic (exact) mass is 436 g/mol. The minimum Gasteiger partial charge on any atom is -0.423 e. The van der Waals surface area contributed by atoms with Gasteiger partial charge in [0.2, 0.25) is 11.8 Å². The Hall–Kier alpha value is -2.42. The summed E-state index contributed by atoms with van der Waals surface area (Å²) < 4.78 is 5.23. The normalized spacial score (nSPS) is 16.9. The van der Waals surface area contributed by atoms with Crippen LogP contribution in [-0.4, -0.2) is 41.9 Å². The molecule has 2 aromatic rings. The zero-order valence-electron chi connectivity index (χ0n) is 17.1. The lowest BCUT2D eigenvalue weighted by Gasteiger charge is -2.26. The van der Waals surface area contributed by atoms with E-state index in [2.05, 4.69) is 5.32 Å². The summed E-state index contributed by atoms with van der Waals surface area (Å²) in [4.78, 5) is 38.7. The third-order valence-electron chi connectivity index (χ3n) is 5.34. The van der Waals surface area contributed by atoms with Crippen LogP contribution in [0.3, 0.4) is 0 Å². The number of amides is 2. The molecule has 3 rings (SSSR count). The highest BCUT2D eigenvalue weighted by Gasteiger charge is 2.36. The van der Waals surface area contributed by atoms with Crippen LogP contribution in [0.5, 0.6) is 0 Å². The number of aryl methyl sites for hydroxylation is 1. The molecular weight excluding hydrogens is 408 g/mol. The molecule has 1 saturated heterocycles. The van der Waals surface area contributed by atoms with Crippen molar-refractivity contribution in [3.63, 3.8) is 0 Å². The Bertz CT molecular complexity index is 962. The minimum atomic E-state index is -0.618. The number of rotatable bonds is 7. The van der Waals surface area contributed by atoms with E-state index in [9.17, 15) is 14.4 Å². The molecule has 0 unspecified atom stereocenters. The van der Waals surface area contributed by atoms with Crippen LogP contribution in [0, 0.1) is 6.92 Å².